The van der Waals surface area contributed by atoms with Crippen molar-refractivity contribution in [2.45, 2.75) is 57.4 Å². The van der Waals surface area contributed by atoms with Crippen molar-refractivity contribution in [3.63, 3.8) is 0 Å². The summed E-state index contributed by atoms with van der Waals surface area (Å²) < 4.78 is 5.50. The molecule has 106 valence electrons. The lowest BCUT2D eigenvalue weighted by atomic mass is 9.91. The van der Waals surface area contributed by atoms with Gasteiger partial charge in [0.2, 0.25) is 0 Å². The van der Waals surface area contributed by atoms with Crippen LogP contribution in [-0.4, -0.2) is 30.8 Å². The Morgan fingerprint density at radius 3 is 3.05 bits per heavy atom. The van der Waals surface area contributed by atoms with Gasteiger partial charge in [0.1, 0.15) is 0 Å². The fourth-order valence-electron chi connectivity index (χ4n) is 3.01. The van der Waals surface area contributed by atoms with E-state index in [1.807, 2.05) is 11.3 Å². The Morgan fingerprint density at radius 2 is 2.32 bits per heavy atom. The van der Waals surface area contributed by atoms with Crippen LogP contribution < -0.4 is 5.32 Å². The minimum Gasteiger partial charge on any atom is -0.381 e. The second-order valence-electron chi connectivity index (χ2n) is 6.07. The van der Waals surface area contributed by atoms with E-state index in [0.29, 0.717) is 17.9 Å². The first-order valence-corrected chi connectivity index (χ1v) is 8.36. The molecule has 0 amide bonds. The summed E-state index contributed by atoms with van der Waals surface area (Å²) in [6.45, 7) is 7.29. The van der Waals surface area contributed by atoms with E-state index < -0.39 is 0 Å². The number of hydrogen-bond donors (Lipinski definition) is 1. The number of nitrogens with one attached hydrogen (secondary N) is 1. The quantitative estimate of drug-likeness (QED) is 0.920. The van der Waals surface area contributed by atoms with Crippen LogP contribution in [0.2, 0.25) is 0 Å². The third kappa shape index (κ3) is 3.01. The van der Waals surface area contributed by atoms with E-state index in [1.54, 1.807) is 4.88 Å². The highest BCUT2D eigenvalue weighted by molar-refractivity contribution is 7.11. The number of hydrogen-bond acceptors (Lipinski definition) is 4. The van der Waals surface area contributed by atoms with Crippen molar-refractivity contribution >= 4 is 11.3 Å². The zero-order chi connectivity index (χ0) is 13.2. The van der Waals surface area contributed by atoms with Crippen LogP contribution in [0.1, 0.15) is 60.5 Å². The number of fused-ring (bicyclic) bond motifs is 1. The number of rotatable bonds is 4. The van der Waals surface area contributed by atoms with Crippen LogP contribution in [0.5, 0.6) is 0 Å². The molecule has 1 aromatic heterocycles. The Morgan fingerprint density at radius 1 is 1.42 bits per heavy atom. The molecule has 2 aliphatic rings. The summed E-state index contributed by atoms with van der Waals surface area (Å²) in [4.78, 5) is 6.54. The van der Waals surface area contributed by atoms with Crippen molar-refractivity contribution in [1.29, 1.82) is 0 Å². The summed E-state index contributed by atoms with van der Waals surface area (Å²) in [5, 5.41) is 4.91. The molecule has 2 unspecified atom stereocenters. The van der Waals surface area contributed by atoms with Crippen molar-refractivity contribution < 1.29 is 4.74 Å². The van der Waals surface area contributed by atoms with Crippen LogP contribution in [0.25, 0.3) is 0 Å². The SMILES string of the molecule is CC(C)NCC1CCCc2sc(C3CCOC3)nc21. The molecule has 2 heterocycles. The minimum atomic E-state index is 0.562. The normalized spacial score (nSPS) is 26.9. The van der Waals surface area contributed by atoms with Gasteiger partial charge in [-0.25, -0.2) is 4.98 Å². The van der Waals surface area contributed by atoms with Gasteiger partial charge in [0.05, 0.1) is 17.3 Å². The summed E-state index contributed by atoms with van der Waals surface area (Å²) in [5.74, 6) is 1.19. The molecule has 1 aromatic rings. The number of ether oxygens (including phenoxy) is 1. The molecular weight excluding hydrogens is 256 g/mol. The van der Waals surface area contributed by atoms with Crippen molar-refractivity contribution in [3.05, 3.63) is 15.6 Å². The first-order chi connectivity index (χ1) is 9.24. The predicted octanol–water partition coefficient (Wildman–Crippen LogP) is 3.06. The lowest BCUT2D eigenvalue weighted by Gasteiger charge is -2.22. The van der Waals surface area contributed by atoms with Crippen molar-refractivity contribution in [2.24, 2.45) is 0 Å². The summed E-state index contributed by atoms with van der Waals surface area (Å²) in [6, 6.07) is 0.562. The average Bonchev–Trinajstić information content (AvgIpc) is 3.04. The lowest BCUT2D eigenvalue weighted by molar-refractivity contribution is 0.194. The van der Waals surface area contributed by atoms with Gasteiger partial charge in [0, 0.05) is 35.9 Å². The molecule has 4 heteroatoms. The van der Waals surface area contributed by atoms with Crippen molar-refractivity contribution in [1.82, 2.24) is 10.3 Å². The molecule has 3 rings (SSSR count). The fourth-order valence-corrected chi connectivity index (χ4v) is 4.32. The zero-order valence-electron chi connectivity index (χ0n) is 11.9. The maximum atomic E-state index is 5.50. The molecule has 3 nitrogen and oxygen atoms in total. The standard InChI is InChI=1S/C15H24N2OS/c1-10(2)16-8-11-4-3-5-13-14(11)17-15(19-13)12-6-7-18-9-12/h10-12,16H,3-9H2,1-2H3. The van der Waals surface area contributed by atoms with E-state index in [2.05, 4.69) is 19.2 Å². The van der Waals surface area contributed by atoms with E-state index in [1.165, 1.54) is 30.0 Å². The molecule has 0 radical (unpaired) electrons. The molecule has 19 heavy (non-hydrogen) atoms. The third-order valence-corrected chi connectivity index (χ3v) is 5.43. The van der Waals surface area contributed by atoms with E-state index in [-0.39, 0.29) is 0 Å². The van der Waals surface area contributed by atoms with Gasteiger partial charge in [-0.05, 0) is 25.7 Å². The van der Waals surface area contributed by atoms with Crippen molar-refractivity contribution in [3.8, 4) is 0 Å². The molecular formula is C15H24N2OS. The van der Waals surface area contributed by atoms with Crippen LogP contribution in [0, 0.1) is 0 Å². The molecule has 0 bridgehead atoms. The topological polar surface area (TPSA) is 34.1 Å². The predicted molar refractivity (Wildman–Crippen MR) is 79.1 cm³/mol. The van der Waals surface area contributed by atoms with Crippen LogP contribution in [0.3, 0.4) is 0 Å². The van der Waals surface area contributed by atoms with Gasteiger partial charge in [-0.15, -0.1) is 11.3 Å². The number of nitrogens with zero attached hydrogens (tertiary/aromatic N) is 1. The minimum absolute atomic E-state index is 0.562. The van der Waals surface area contributed by atoms with Crippen LogP contribution in [0.4, 0.5) is 0 Å². The molecule has 1 N–H and O–H groups in total. The third-order valence-electron chi connectivity index (χ3n) is 4.14. The Labute approximate surface area is 119 Å². The van der Waals surface area contributed by atoms with Crippen LogP contribution in [0.15, 0.2) is 0 Å². The molecule has 1 aliphatic carbocycles. The lowest BCUT2D eigenvalue weighted by Crippen LogP contribution is -2.29. The molecule has 0 aromatic carbocycles. The van der Waals surface area contributed by atoms with E-state index in [0.717, 1.165) is 26.2 Å². The van der Waals surface area contributed by atoms with Gasteiger partial charge in [0.25, 0.3) is 0 Å². The Kier molecular flexibility index (Phi) is 4.20. The van der Waals surface area contributed by atoms with Gasteiger partial charge in [-0.1, -0.05) is 13.8 Å². The highest BCUT2D eigenvalue weighted by Crippen LogP contribution is 2.38. The molecule has 1 fully saturated rings. The molecule has 0 saturated carbocycles. The Balaban J connectivity index is 1.75. The summed E-state index contributed by atoms with van der Waals surface area (Å²) >= 11 is 1.95. The van der Waals surface area contributed by atoms with Gasteiger partial charge in [-0.3, -0.25) is 0 Å². The van der Waals surface area contributed by atoms with Crippen LogP contribution >= 0.6 is 11.3 Å². The second-order valence-corrected chi connectivity index (χ2v) is 7.19. The number of aromatic nitrogens is 1. The Hall–Kier alpha value is -0.450. The summed E-state index contributed by atoms with van der Waals surface area (Å²) in [7, 11) is 0. The van der Waals surface area contributed by atoms with Crippen LogP contribution in [-0.2, 0) is 11.2 Å². The van der Waals surface area contributed by atoms with Crippen molar-refractivity contribution in [2.75, 3.05) is 19.8 Å². The van der Waals surface area contributed by atoms with E-state index >= 15 is 0 Å². The van der Waals surface area contributed by atoms with Gasteiger partial charge < -0.3 is 10.1 Å². The number of aryl methyl sites for hydroxylation is 1. The summed E-state index contributed by atoms with van der Waals surface area (Å²) in [5.41, 5.74) is 1.39. The maximum Gasteiger partial charge on any atom is 0.0986 e. The van der Waals surface area contributed by atoms with E-state index in [4.69, 9.17) is 9.72 Å². The average molecular weight is 280 g/mol. The number of thiazole rings is 1. The van der Waals surface area contributed by atoms with E-state index in [9.17, 15) is 0 Å². The highest BCUT2D eigenvalue weighted by Gasteiger charge is 2.28. The molecule has 2 atom stereocenters. The second kappa shape index (κ2) is 5.90. The monoisotopic (exact) mass is 280 g/mol. The first kappa shape index (κ1) is 13.5. The fraction of sp³-hybridized carbons (Fsp3) is 0.800. The molecule has 0 spiro atoms. The maximum absolute atomic E-state index is 5.50. The highest BCUT2D eigenvalue weighted by atomic mass is 32.1. The zero-order valence-corrected chi connectivity index (χ0v) is 12.8. The largest absolute Gasteiger partial charge is 0.381 e. The van der Waals surface area contributed by atoms with Gasteiger partial charge in [0.15, 0.2) is 0 Å². The molecule has 1 saturated heterocycles. The summed E-state index contributed by atoms with van der Waals surface area (Å²) in [6.07, 6.45) is 5.00. The smallest absolute Gasteiger partial charge is 0.0986 e. The molecule has 1 aliphatic heterocycles. The van der Waals surface area contributed by atoms with Gasteiger partial charge in [-0.2, -0.15) is 0 Å². The first-order valence-electron chi connectivity index (χ1n) is 7.54. The Bertz CT molecular complexity index is 424. The van der Waals surface area contributed by atoms with Gasteiger partial charge >= 0.3 is 0 Å².